The van der Waals surface area contributed by atoms with Crippen molar-refractivity contribution < 1.29 is 4.79 Å². The van der Waals surface area contributed by atoms with Crippen molar-refractivity contribution in [3.63, 3.8) is 0 Å². The van der Waals surface area contributed by atoms with Gasteiger partial charge in [0.25, 0.3) is 5.56 Å². The van der Waals surface area contributed by atoms with E-state index in [-0.39, 0.29) is 11.5 Å². The first-order valence-electron chi connectivity index (χ1n) is 13.5. The van der Waals surface area contributed by atoms with Crippen LogP contribution in [0.4, 0.5) is 17.2 Å². The second kappa shape index (κ2) is 15.9. The first kappa shape index (κ1) is 30.1. The van der Waals surface area contributed by atoms with Gasteiger partial charge in [-0.25, -0.2) is 4.68 Å². The fraction of sp³-hybridized carbons (Fsp3) is 0.448. The first-order valence-corrected chi connectivity index (χ1v) is 14.6. The molecule has 0 aliphatic heterocycles. The number of carbonyl (C=O) groups excluding carboxylic acids is 1. The van der Waals surface area contributed by atoms with Gasteiger partial charge in [0.05, 0.1) is 21.4 Å². The van der Waals surface area contributed by atoms with Crippen LogP contribution < -0.4 is 16.2 Å². The molecule has 1 amide bonds. The zero-order chi connectivity index (χ0) is 27.3. The molecule has 0 spiro atoms. The van der Waals surface area contributed by atoms with Gasteiger partial charge in [-0.15, -0.1) is 0 Å². The molecular formula is C29H37Cl3N4O2. The van der Waals surface area contributed by atoms with Crippen LogP contribution in [0.2, 0.25) is 15.1 Å². The minimum atomic E-state index is -0.302. The molecule has 9 heteroatoms. The third kappa shape index (κ3) is 9.72. The van der Waals surface area contributed by atoms with E-state index in [4.69, 9.17) is 34.8 Å². The van der Waals surface area contributed by atoms with Gasteiger partial charge in [-0.3, -0.25) is 14.7 Å². The summed E-state index contributed by atoms with van der Waals surface area (Å²) in [4.78, 5) is 25.0. The Labute approximate surface area is 240 Å². The lowest BCUT2D eigenvalue weighted by Crippen LogP contribution is -2.13. The number of carbonyl (C=O) groups is 1. The highest BCUT2D eigenvalue weighted by Gasteiger charge is 2.12. The number of nitrogens with zero attached hydrogens (tertiary/aromatic N) is 1. The lowest BCUT2D eigenvalue weighted by atomic mass is 10.1. The van der Waals surface area contributed by atoms with Gasteiger partial charge in [-0.1, -0.05) is 106 Å². The number of H-pyrrole nitrogens is 1. The van der Waals surface area contributed by atoms with Crippen LogP contribution in [0.25, 0.3) is 5.69 Å². The molecule has 0 saturated heterocycles. The van der Waals surface area contributed by atoms with Crippen molar-refractivity contribution in [3.8, 4) is 5.69 Å². The van der Waals surface area contributed by atoms with Crippen molar-refractivity contribution >= 4 is 57.9 Å². The highest BCUT2D eigenvalue weighted by Crippen LogP contribution is 2.29. The molecule has 0 aliphatic rings. The topological polar surface area (TPSA) is 78.9 Å². The van der Waals surface area contributed by atoms with Crippen LogP contribution in [0.5, 0.6) is 0 Å². The Kier molecular flexibility index (Phi) is 12.6. The quantitative estimate of drug-likeness (QED) is 0.148. The molecule has 0 saturated carbocycles. The van der Waals surface area contributed by atoms with E-state index in [1.807, 2.05) is 0 Å². The number of anilines is 3. The number of nitrogens with one attached hydrogen (secondary N) is 3. The fourth-order valence-electron chi connectivity index (χ4n) is 4.32. The Morgan fingerprint density at radius 1 is 0.816 bits per heavy atom. The van der Waals surface area contributed by atoms with Crippen LogP contribution in [0.3, 0.4) is 0 Å². The molecule has 2 aromatic carbocycles. The van der Waals surface area contributed by atoms with Crippen LogP contribution in [0.15, 0.2) is 47.3 Å². The van der Waals surface area contributed by atoms with E-state index in [0.29, 0.717) is 44.4 Å². The van der Waals surface area contributed by atoms with E-state index in [9.17, 15) is 9.59 Å². The van der Waals surface area contributed by atoms with Gasteiger partial charge in [0.2, 0.25) is 5.91 Å². The average molecular weight is 580 g/mol. The maximum atomic E-state index is 12.5. The van der Waals surface area contributed by atoms with Crippen molar-refractivity contribution in [2.75, 3.05) is 10.6 Å². The Morgan fingerprint density at radius 2 is 1.47 bits per heavy atom. The zero-order valence-corrected chi connectivity index (χ0v) is 24.2. The molecule has 1 aromatic heterocycles. The van der Waals surface area contributed by atoms with Gasteiger partial charge in [-0.05, 0) is 42.8 Å². The predicted octanol–water partition coefficient (Wildman–Crippen LogP) is 9.51. The summed E-state index contributed by atoms with van der Waals surface area (Å²) >= 11 is 18.6. The molecule has 0 radical (unpaired) electrons. The molecule has 0 unspecified atom stereocenters. The number of amides is 1. The zero-order valence-electron chi connectivity index (χ0n) is 21.9. The van der Waals surface area contributed by atoms with Crippen molar-refractivity contribution in [3.05, 3.63) is 67.9 Å². The monoisotopic (exact) mass is 578 g/mol. The molecule has 0 fully saturated rings. The van der Waals surface area contributed by atoms with Gasteiger partial charge in [0.15, 0.2) is 0 Å². The summed E-state index contributed by atoms with van der Waals surface area (Å²) in [6.07, 6.45) is 14.2. The largest absolute Gasteiger partial charge is 0.339 e. The lowest BCUT2D eigenvalue weighted by molar-refractivity contribution is -0.116. The molecule has 3 rings (SSSR count). The molecule has 6 nitrogen and oxygen atoms in total. The summed E-state index contributed by atoms with van der Waals surface area (Å²) in [6.45, 7) is 2.25. The number of hydrogen-bond acceptors (Lipinski definition) is 3. The van der Waals surface area contributed by atoms with Crippen molar-refractivity contribution in [2.24, 2.45) is 0 Å². The Bertz CT molecular complexity index is 1240. The highest BCUT2D eigenvalue weighted by atomic mass is 35.5. The minimum Gasteiger partial charge on any atom is -0.339 e. The van der Waals surface area contributed by atoms with E-state index < -0.39 is 0 Å². The molecular weight excluding hydrogens is 543 g/mol. The van der Waals surface area contributed by atoms with Crippen molar-refractivity contribution in [1.82, 2.24) is 9.78 Å². The second-order valence-electron chi connectivity index (χ2n) is 9.59. The third-order valence-corrected chi connectivity index (χ3v) is 7.27. The first-order chi connectivity index (χ1) is 18.4. The Balaban J connectivity index is 1.45. The SMILES string of the molecule is CCCCCCCCCCCCCC(=O)Nc1ccc(Cl)c(Nc2cc(=O)n(-c3ccc(Cl)cc3Cl)[nH]2)c1. The van der Waals surface area contributed by atoms with E-state index >= 15 is 0 Å². The normalized spacial score (nSPS) is 11.1. The molecule has 1 heterocycles. The Morgan fingerprint density at radius 3 is 2.13 bits per heavy atom. The van der Waals surface area contributed by atoms with E-state index in [2.05, 4.69) is 22.7 Å². The highest BCUT2D eigenvalue weighted by molar-refractivity contribution is 6.35. The third-order valence-electron chi connectivity index (χ3n) is 6.40. The van der Waals surface area contributed by atoms with Gasteiger partial charge in [0.1, 0.15) is 5.82 Å². The number of aromatic nitrogens is 2. The van der Waals surface area contributed by atoms with Gasteiger partial charge in [0, 0.05) is 23.2 Å². The summed E-state index contributed by atoms with van der Waals surface area (Å²) in [5.74, 6) is 0.401. The van der Waals surface area contributed by atoms with E-state index in [1.54, 1.807) is 36.4 Å². The van der Waals surface area contributed by atoms with E-state index in [1.165, 1.54) is 68.5 Å². The lowest BCUT2D eigenvalue weighted by Gasteiger charge is -2.11. The predicted molar refractivity (Wildman–Crippen MR) is 161 cm³/mol. The number of rotatable bonds is 16. The molecule has 3 aromatic rings. The molecule has 206 valence electrons. The molecule has 0 aliphatic carbocycles. The number of benzene rings is 2. The summed E-state index contributed by atoms with van der Waals surface area (Å²) in [6, 6.07) is 11.5. The number of aromatic amines is 1. The molecule has 0 bridgehead atoms. The smallest absolute Gasteiger partial charge is 0.273 e. The van der Waals surface area contributed by atoms with Crippen LogP contribution in [-0.2, 0) is 4.79 Å². The summed E-state index contributed by atoms with van der Waals surface area (Å²) in [5, 5.41) is 10.3. The van der Waals surface area contributed by atoms with Gasteiger partial charge < -0.3 is 10.6 Å². The van der Waals surface area contributed by atoms with Crippen LogP contribution >= 0.6 is 34.8 Å². The maximum Gasteiger partial charge on any atom is 0.273 e. The summed E-state index contributed by atoms with van der Waals surface area (Å²) in [5.41, 5.74) is 1.36. The van der Waals surface area contributed by atoms with Crippen LogP contribution in [0, 0.1) is 0 Å². The van der Waals surface area contributed by atoms with Gasteiger partial charge >= 0.3 is 0 Å². The molecule has 3 N–H and O–H groups in total. The molecule has 38 heavy (non-hydrogen) atoms. The minimum absolute atomic E-state index is 0.0221. The average Bonchev–Trinajstić information content (AvgIpc) is 3.24. The molecule has 0 atom stereocenters. The maximum absolute atomic E-state index is 12.5. The standard InChI is InChI=1S/C29H37Cl3N4O2/c1-2-3-4-5-6-7-8-9-10-11-12-13-28(37)33-22-15-16-23(31)25(19-22)34-27-20-29(38)36(35-27)26-17-14-21(30)18-24(26)32/h14-20,34-35H,2-13H2,1H3,(H,33,37). The number of halogens is 3. The fourth-order valence-corrected chi connectivity index (χ4v) is 4.98. The second-order valence-corrected chi connectivity index (χ2v) is 10.8. The number of hydrogen-bond donors (Lipinski definition) is 3. The van der Waals surface area contributed by atoms with Gasteiger partial charge in [-0.2, -0.15) is 0 Å². The van der Waals surface area contributed by atoms with Crippen molar-refractivity contribution in [1.29, 1.82) is 0 Å². The Hall–Kier alpha value is -2.41. The number of unbranched alkanes of at least 4 members (excludes halogenated alkanes) is 10. The van der Waals surface area contributed by atoms with Crippen molar-refractivity contribution in [2.45, 2.75) is 84.0 Å². The summed E-state index contributed by atoms with van der Waals surface area (Å²) < 4.78 is 1.31. The van der Waals surface area contributed by atoms with Crippen LogP contribution in [-0.4, -0.2) is 15.7 Å². The van der Waals surface area contributed by atoms with E-state index in [0.717, 1.165) is 12.8 Å². The van der Waals surface area contributed by atoms with Crippen LogP contribution in [0.1, 0.15) is 84.0 Å². The summed E-state index contributed by atoms with van der Waals surface area (Å²) in [7, 11) is 0.